The van der Waals surface area contributed by atoms with Crippen molar-refractivity contribution < 1.29 is 37.3 Å². The van der Waals surface area contributed by atoms with Gasteiger partial charge in [-0.2, -0.15) is 0 Å². The van der Waals surface area contributed by atoms with Crippen LogP contribution in [0, 0.1) is 0 Å². The van der Waals surface area contributed by atoms with Gasteiger partial charge in [0.1, 0.15) is 19.3 Å². The van der Waals surface area contributed by atoms with Crippen LogP contribution in [-0.4, -0.2) is 69.4 Å². The molecule has 0 saturated heterocycles. The summed E-state index contributed by atoms with van der Waals surface area (Å²) in [5.41, 5.74) is 0. The normalized spacial score (nSPS) is 14.3. The molecule has 0 spiro atoms. The zero-order chi connectivity index (χ0) is 53.6. The molecule has 0 rings (SSSR count). The molecule has 0 aromatic rings. The van der Waals surface area contributed by atoms with E-state index in [4.69, 9.17) is 13.8 Å². The van der Waals surface area contributed by atoms with Gasteiger partial charge in [0, 0.05) is 12.8 Å². The molecule has 0 aliphatic carbocycles. The third-order valence-electron chi connectivity index (χ3n) is 12.8. The number of hydrogen-bond acceptors (Lipinski definition) is 7. The first-order chi connectivity index (χ1) is 35.4. The number of nitrogens with zero attached hydrogens (tertiary/aromatic N) is 1. The van der Waals surface area contributed by atoms with Gasteiger partial charge in [0.25, 0.3) is 7.82 Å². The maximum Gasteiger partial charge on any atom is 0.306 e. The summed E-state index contributed by atoms with van der Waals surface area (Å²) in [6.07, 6.45) is 68.3. The molecule has 0 aliphatic rings. The van der Waals surface area contributed by atoms with Crippen LogP contribution in [0.15, 0.2) is 85.1 Å². The molecule has 0 saturated carbocycles. The molecule has 0 radical (unpaired) electrons. The zero-order valence-electron chi connectivity index (χ0n) is 48.1. The summed E-state index contributed by atoms with van der Waals surface area (Å²) in [6.45, 7) is 6.74. The average molecular weight is 1040 g/mol. The Bertz CT molecular complexity index is 1530. The summed E-state index contributed by atoms with van der Waals surface area (Å²) in [5.74, 6) is -0.617. The van der Waals surface area contributed by atoms with E-state index in [1.54, 1.807) is 0 Å². The van der Waals surface area contributed by atoms with E-state index in [0.717, 1.165) is 83.5 Å². The summed E-state index contributed by atoms with van der Waals surface area (Å²) in [6, 6.07) is -0.918. The number of allylic oxidation sites excluding steroid dienone is 13. The Morgan fingerprint density at radius 1 is 0.479 bits per heavy atom. The lowest BCUT2D eigenvalue weighted by Crippen LogP contribution is -2.47. The first-order valence-electron chi connectivity index (χ1n) is 29.9. The lowest BCUT2D eigenvalue weighted by molar-refractivity contribution is -0.870. The Kier molecular flexibility index (Phi) is 50.6. The molecule has 0 aromatic carbocycles. The monoisotopic (exact) mass is 1040 g/mol. The quantitative estimate of drug-likeness (QED) is 0.0212. The number of carbonyl (C=O) groups excluding carboxylic acids is 2. The van der Waals surface area contributed by atoms with E-state index in [-0.39, 0.29) is 18.9 Å². The Hall–Kier alpha value is -2.81. The van der Waals surface area contributed by atoms with Gasteiger partial charge in [-0.25, -0.2) is 0 Å². The Labute approximate surface area is 450 Å². The zero-order valence-corrected chi connectivity index (χ0v) is 49.0. The molecule has 422 valence electrons. The number of rotatable bonds is 53. The van der Waals surface area contributed by atoms with E-state index in [9.17, 15) is 19.0 Å². The molecule has 9 nitrogen and oxygen atoms in total. The van der Waals surface area contributed by atoms with Crippen molar-refractivity contribution in [3.8, 4) is 0 Å². The third-order valence-corrected chi connectivity index (χ3v) is 13.8. The standard InChI is InChI=1S/C63H113N2O7P/c1-7-10-13-16-19-22-25-28-30-32-34-37-40-43-46-49-52-55-62(66)64-60(59-71-73(68,69)70-58-57-65(4,5)6)61(54-51-48-45-42-39-36-27-24-21-18-15-12-9-3)72-63(67)56-53-50-47-44-41-38-35-33-31-29-26-23-20-17-14-11-8-2/h19-20,22-23,28-31,35,38,44,47,51,54,60-61H,7-18,21,24-27,32-34,36-37,39-43,45-46,48-50,52-53,55-59H2,1-6H3,(H-,64,66,68,69)/b22-19-,23-20-,30-28-,31-29-,38-35-,47-44-,54-51+. The SMILES string of the molecule is CCCCC/C=C\C/C=C\C/C=C\C/C=C\CCCC(=O)OC(/C=C/CCCCCCCCCCCCC)C(COP(=O)([O-])OCC[N+](C)(C)C)NC(=O)CCCCCCCCC/C=C\C/C=C\CCCCC. The van der Waals surface area contributed by atoms with Crippen molar-refractivity contribution in [3.63, 3.8) is 0 Å². The third kappa shape index (κ3) is 53.8. The number of phosphoric acid groups is 1. The van der Waals surface area contributed by atoms with Crippen molar-refractivity contribution in [2.24, 2.45) is 0 Å². The largest absolute Gasteiger partial charge is 0.756 e. The highest BCUT2D eigenvalue weighted by molar-refractivity contribution is 7.45. The number of amides is 1. The molecule has 73 heavy (non-hydrogen) atoms. The summed E-state index contributed by atoms with van der Waals surface area (Å²) in [7, 11) is 1.14. The van der Waals surface area contributed by atoms with Gasteiger partial charge >= 0.3 is 5.97 Å². The molecule has 0 heterocycles. The fourth-order valence-electron chi connectivity index (χ4n) is 8.13. The van der Waals surface area contributed by atoms with Gasteiger partial charge in [0.2, 0.25) is 5.91 Å². The predicted octanol–water partition coefficient (Wildman–Crippen LogP) is 17.6. The Morgan fingerprint density at radius 2 is 0.849 bits per heavy atom. The highest BCUT2D eigenvalue weighted by Gasteiger charge is 2.27. The minimum atomic E-state index is -4.71. The lowest BCUT2D eigenvalue weighted by atomic mass is 10.0. The number of unbranched alkanes of at least 4 members (excludes halogenated alkanes) is 25. The van der Waals surface area contributed by atoms with Crippen LogP contribution in [0.1, 0.15) is 252 Å². The first kappa shape index (κ1) is 70.2. The number of phosphoric ester groups is 1. The molecule has 0 bridgehead atoms. The molecule has 1 N–H and O–H groups in total. The topological polar surface area (TPSA) is 114 Å². The van der Waals surface area contributed by atoms with Crippen LogP contribution in [0.5, 0.6) is 0 Å². The number of ether oxygens (including phenoxy) is 1. The molecule has 0 fully saturated rings. The maximum atomic E-state index is 13.5. The number of likely N-dealkylation sites (N-methyl/N-ethyl adjacent to an activating group) is 1. The molecule has 3 atom stereocenters. The van der Waals surface area contributed by atoms with E-state index in [0.29, 0.717) is 23.9 Å². The summed E-state index contributed by atoms with van der Waals surface area (Å²) < 4.78 is 30.2. The van der Waals surface area contributed by atoms with Gasteiger partial charge in [0.05, 0.1) is 33.8 Å². The fraction of sp³-hybridized carbons (Fsp3) is 0.746. The van der Waals surface area contributed by atoms with E-state index < -0.39 is 32.5 Å². The molecule has 0 aromatic heterocycles. The van der Waals surface area contributed by atoms with Crippen molar-refractivity contribution in [1.29, 1.82) is 0 Å². The van der Waals surface area contributed by atoms with E-state index in [1.807, 2.05) is 33.3 Å². The summed E-state index contributed by atoms with van der Waals surface area (Å²) in [4.78, 5) is 39.9. The van der Waals surface area contributed by atoms with Gasteiger partial charge in [-0.05, 0) is 102 Å². The van der Waals surface area contributed by atoms with Crippen LogP contribution in [0.25, 0.3) is 0 Å². The highest BCUT2D eigenvalue weighted by Crippen LogP contribution is 2.38. The van der Waals surface area contributed by atoms with Crippen LogP contribution in [0.3, 0.4) is 0 Å². The number of esters is 1. The second-order valence-electron chi connectivity index (χ2n) is 21.1. The minimum absolute atomic E-state index is 0.0355. The van der Waals surface area contributed by atoms with Crippen LogP contribution in [0.4, 0.5) is 0 Å². The predicted molar refractivity (Wildman–Crippen MR) is 311 cm³/mol. The molecule has 3 unspecified atom stereocenters. The molecule has 1 amide bonds. The van der Waals surface area contributed by atoms with E-state index >= 15 is 0 Å². The van der Waals surface area contributed by atoms with Gasteiger partial charge < -0.3 is 28.5 Å². The van der Waals surface area contributed by atoms with E-state index in [2.05, 4.69) is 99.0 Å². The average Bonchev–Trinajstić information content (AvgIpc) is 3.35. The van der Waals surface area contributed by atoms with Crippen molar-refractivity contribution in [1.82, 2.24) is 5.32 Å². The first-order valence-corrected chi connectivity index (χ1v) is 31.4. The Morgan fingerprint density at radius 3 is 1.30 bits per heavy atom. The van der Waals surface area contributed by atoms with Crippen LogP contribution in [0.2, 0.25) is 0 Å². The summed E-state index contributed by atoms with van der Waals surface area (Å²) >= 11 is 0. The number of carbonyl (C=O) groups is 2. The van der Waals surface area contributed by atoms with Gasteiger partial charge in [-0.15, -0.1) is 0 Å². The van der Waals surface area contributed by atoms with Crippen molar-refractivity contribution in [2.45, 2.75) is 264 Å². The van der Waals surface area contributed by atoms with Crippen LogP contribution in [-0.2, 0) is 27.9 Å². The molecular weight excluding hydrogens is 928 g/mol. The second kappa shape index (κ2) is 52.6. The second-order valence-corrected chi connectivity index (χ2v) is 22.6. The smallest absolute Gasteiger partial charge is 0.306 e. The molecular formula is C63H113N2O7P. The lowest BCUT2D eigenvalue weighted by Gasteiger charge is -2.30. The maximum absolute atomic E-state index is 13.5. The van der Waals surface area contributed by atoms with Crippen molar-refractivity contribution in [2.75, 3.05) is 40.9 Å². The van der Waals surface area contributed by atoms with Crippen LogP contribution < -0.4 is 10.2 Å². The van der Waals surface area contributed by atoms with Gasteiger partial charge in [0.15, 0.2) is 0 Å². The summed E-state index contributed by atoms with van der Waals surface area (Å²) in [5, 5.41) is 3.01. The van der Waals surface area contributed by atoms with Gasteiger partial charge in [-0.3, -0.25) is 14.2 Å². The molecule has 0 aliphatic heterocycles. The fourth-order valence-corrected chi connectivity index (χ4v) is 8.85. The van der Waals surface area contributed by atoms with Crippen molar-refractivity contribution in [3.05, 3.63) is 85.1 Å². The highest BCUT2D eigenvalue weighted by atomic mass is 31.2. The number of nitrogens with one attached hydrogen (secondary N) is 1. The molecule has 10 heteroatoms. The minimum Gasteiger partial charge on any atom is -0.756 e. The Balaban J connectivity index is 5.45. The van der Waals surface area contributed by atoms with Crippen molar-refractivity contribution >= 4 is 19.7 Å². The van der Waals surface area contributed by atoms with Gasteiger partial charge in [-0.1, -0.05) is 222 Å². The van der Waals surface area contributed by atoms with E-state index in [1.165, 1.54) is 128 Å². The number of quaternary nitrogens is 1. The van der Waals surface area contributed by atoms with Crippen LogP contribution >= 0.6 is 7.82 Å². The number of hydrogen-bond donors (Lipinski definition) is 1.